The molecule has 2 aliphatic rings. The minimum atomic E-state index is -1.36. The Morgan fingerprint density at radius 3 is 2.30 bits per heavy atom. The number of ether oxygens (including phenoxy) is 3. The van der Waals surface area contributed by atoms with Gasteiger partial charge in [0, 0.05) is 24.2 Å². The molecule has 2 heterocycles. The Hall–Kier alpha value is -3.98. The summed E-state index contributed by atoms with van der Waals surface area (Å²) in [6, 6.07) is 5.22. The first-order valence-electron chi connectivity index (χ1n) is 14.4. The molecular weight excluding hydrogens is 556 g/mol. The molecule has 43 heavy (non-hydrogen) atoms. The van der Waals surface area contributed by atoms with E-state index < -0.39 is 35.2 Å². The van der Waals surface area contributed by atoms with Gasteiger partial charge in [0.2, 0.25) is 0 Å². The average Bonchev–Trinajstić information content (AvgIpc) is 3.41. The fraction of sp³-hybridized carbons (Fsp3) is 0.412. The van der Waals surface area contributed by atoms with E-state index in [1.807, 2.05) is 20.8 Å². The molecule has 0 saturated carbocycles. The maximum Gasteiger partial charge on any atom is 0.337 e. The molecule has 9 heteroatoms. The van der Waals surface area contributed by atoms with Gasteiger partial charge in [0.1, 0.15) is 11.6 Å². The average molecular weight is 594 g/mol. The third kappa shape index (κ3) is 5.46. The van der Waals surface area contributed by atoms with Crippen LogP contribution in [0.15, 0.2) is 24.3 Å². The van der Waals surface area contributed by atoms with Gasteiger partial charge in [-0.1, -0.05) is 0 Å². The quantitative estimate of drug-likeness (QED) is 0.332. The topological polar surface area (TPSA) is 85.3 Å². The molecule has 0 unspecified atom stereocenters. The van der Waals surface area contributed by atoms with E-state index in [9.17, 15) is 19.1 Å². The zero-order valence-electron chi connectivity index (χ0n) is 25.6. The van der Waals surface area contributed by atoms with Gasteiger partial charge in [-0.25, -0.2) is 13.6 Å². The maximum atomic E-state index is 15.6. The molecule has 0 bridgehead atoms. The second-order valence-electron chi connectivity index (χ2n) is 12.2. The number of amides is 1. The molecular formula is C34H37F2NO6. The molecule has 0 aliphatic carbocycles. The fourth-order valence-corrected chi connectivity index (χ4v) is 6.36. The summed E-state index contributed by atoms with van der Waals surface area (Å²) in [5.74, 6) is -2.15. The summed E-state index contributed by atoms with van der Waals surface area (Å²) in [5, 5.41) is 10.5. The molecule has 0 spiro atoms. The molecule has 1 atom stereocenters. The number of methoxy groups -OCH3 is 1. The van der Waals surface area contributed by atoms with Crippen molar-refractivity contribution in [1.29, 1.82) is 0 Å². The minimum Gasteiger partial charge on any atom is -0.496 e. The number of carbonyl (C=O) groups excluding carboxylic acids is 1. The van der Waals surface area contributed by atoms with E-state index in [0.29, 0.717) is 35.3 Å². The molecule has 0 saturated heterocycles. The van der Waals surface area contributed by atoms with Crippen LogP contribution in [0.5, 0.6) is 11.5 Å². The first-order valence-corrected chi connectivity index (χ1v) is 14.4. The van der Waals surface area contributed by atoms with Gasteiger partial charge in [0.05, 0.1) is 24.9 Å². The van der Waals surface area contributed by atoms with E-state index in [1.165, 1.54) is 25.3 Å². The number of nitrogens with zero attached hydrogens (tertiary/aromatic N) is 1. The van der Waals surface area contributed by atoms with Gasteiger partial charge in [-0.3, -0.25) is 4.79 Å². The highest BCUT2D eigenvalue weighted by atomic mass is 19.1. The highest BCUT2D eigenvalue weighted by molar-refractivity contribution is 5.97. The second kappa shape index (κ2) is 11.3. The van der Waals surface area contributed by atoms with Crippen molar-refractivity contribution in [1.82, 2.24) is 4.90 Å². The highest BCUT2D eigenvalue weighted by Crippen LogP contribution is 2.47. The Bertz CT molecular complexity index is 1640. The normalized spacial score (nSPS) is 15.0. The van der Waals surface area contributed by atoms with Crippen LogP contribution in [-0.2, 0) is 29.0 Å². The van der Waals surface area contributed by atoms with E-state index in [4.69, 9.17) is 14.2 Å². The molecule has 0 radical (unpaired) electrons. The Kier molecular flexibility index (Phi) is 7.98. The van der Waals surface area contributed by atoms with Crippen LogP contribution >= 0.6 is 0 Å². The molecule has 3 aromatic carbocycles. The summed E-state index contributed by atoms with van der Waals surface area (Å²) in [4.78, 5) is 28.1. The lowest BCUT2D eigenvalue weighted by Crippen LogP contribution is -2.29. The molecule has 5 rings (SSSR count). The lowest BCUT2D eigenvalue weighted by molar-refractivity contribution is -0.160. The van der Waals surface area contributed by atoms with E-state index >= 15 is 4.39 Å². The number of hydrogen-bond donors (Lipinski definition) is 1. The van der Waals surface area contributed by atoms with Gasteiger partial charge < -0.3 is 24.2 Å². The highest BCUT2D eigenvalue weighted by Gasteiger charge is 2.38. The third-order valence-corrected chi connectivity index (χ3v) is 8.36. The van der Waals surface area contributed by atoms with Gasteiger partial charge in [0.15, 0.2) is 17.7 Å². The number of carboxylic acid groups (broad SMARTS) is 1. The molecule has 1 N–H and O–H groups in total. The van der Waals surface area contributed by atoms with Gasteiger partial charge >= 0.3 is 5.97 Å². The number of carboxylic acids is 1. The van der Waals surface area contributed by atoms with Crippen molar-refractivity contribution in [3.8, 4) is 22.6 Å². The Morgan fingerprint density at radius 2 is 1.67 bits per heavy atom. The Labute approximate surface area is 250 Å². The first-order chi connectivity index (χ1) is 20.2. The van der Waals surface area contributed by atoms with Crippen LogP contribution < -0.4 is 9.47 Å². The van der Waals surface area contributed by atoms with Gasteiger partial charge in [-0.05, 0) is 118 Å². The van der Waals surface area contributed by atoms with Crippen LogP contribution in [0.25, 0.3) is 11.1 Å². The molecule has 0 fully saturated rings. The number of carbonyl (C=O) groups is 2. The van der Waals surface area contributed by atoms with E-state index in [1.54, 1.807) is 25.7 Å². The summed E-state index contributed by atoms with van der Waals surface area (Å²) < 4.78 is 46.9. The Morgan fingerprint density at radius 1 is 1.00 bits per heavy atom. The lowest BCUT2D eigenvalue weighted by Gasteiger charge is -2.31. The van der Waals surface area contributed by atoms with E-state index in [0.717, 1.165) is 40.3 Å². The number of fused-ring (bicyclic) bond motifs is 2. The molecule has 228 valence electrons. The van der Waals surface area contributed by atoms with Crippen LogP contribution in [-0.4, -0.2) is 41.2 Å². The monoisotopic (exact) mass is 593 g/mol. The van der Waals surface area contributed by atoms with Crippen LogP contribution in [0.3, 0.4) is 0 Å². The zero-order valence-corrected chi connectivity index (χ0v) is 25.6. The minimum absolute atomic E-state index is 0.0955. The van der Waals surface area contributed by atoms with Gasteiger partial charge in [-0.15, -0.1) is 0 Å². The van der Waals surface area contributed by atoms with Crippen LogP contribution in [0.2, 0.25) is 0 Å². The second-order valence-corrected chi connectivity index (χ2v) is 12.2. The van der Waals surface area contributed by atoms with Crippen molar-refractivity contribution < 1.29 is 37.7 Å². The van der Waals surface area contributed by atoms with Crippen molar-refractivity contribution in [2.75, 3.05) is 13.7 Å². The summed E-state index contributed by atoms with van der Waals surface area (Å²) >= 11 is 0. The summed E-state index contributed by atoms with van der Waals surface area (Å²) in [6.45, 7) is 11.8. The summed E-state index contributed by atoms with van der Waals surface area (Å²) in [7, 11) is 1.42. The summed E-state index contributed by atoms with van der Waals surface area (Å²) in [6.07, 6.45) is 0.0296. The number of benzene rings is 3. The summed E-state index contributed by atoms with van der Waals surface area (Å²) in [5.41, 5.74) is 5.47. The van der Waals surface area contributed by atoms with Crippen molar-refractivity contribution in [2.45, 2.75) is 79.2 Å². The van der Waals surface area contributed by atoms with Crippen LogP contribution in [0.1, 0.15) is 82.6 Å². The standard InChI is InChI=1S/C34H37F2NO6/c1-17-21-9-8-12-42-30(21)26(36)14-22(17)28-18(2)24-15-37(32(38)23-13-20(35)10-11-27(23)41-7)16-25(24)19(3)29(28)31(33(39)40)43-34(4,5)6/h10-11,13-14,31H,8-9,12,15-16H2,1-7H3,(H,39,40)/t31-/m0/s1. The largest absolute Gasteiger partial charge is 0.496 e. The van der Waals surface area contributed by atoms with Gasteiger partial charge in [0.25, 0.3) is 5.91 Å². The van der Waals surface area contributed by atoms with E-state index in [-0.39, 0.29) is 30.2 Å². The van der Waals surface area contributed by atoms with Crippen molar-refractivity contribution in [2.24, 2.45) is 0 Å². The molecule has 7 nitrogen and oxygen atoms in total. The number of hydrogen-bond acceptors (Lipinski definition) is 5. The number of aliphatic carboxylic acids is 1. The SMILES string of the molecule is COc1ccc(F)cc1C(=O)N1Cc2c(C)c(-c3cc(F)c4c(c3C)CCCO4)c([C@H](OC(C)(C)C)C(=O)O)c(C)c2C1. The zero-order chi connectivity index (χ0) is 31.4. The molecule has 0 aromatic heterocycles. The lowest BCUT2D eigenvalue weighted by atomic mass is 9.81. The Balaban J connectivity index is 1.74. The number of rotatable bonds is 6. The number of halogens is 2. The van der Waals surface area contributed by atoms with Crippen molar-refractivity contribution >= 4 is 11.9 Å². The smallest absolute Gasteiger partial charge is 0.337 e. The van der Waals surface area contributed by atoms with Crippen molar-refractivity contribution in [3.63, 3.8) is 0 Å². The van der Waals surface area contributed by atoms with Gasteiger partial charge in [-0.2, -0.15) is 0 Å². The van der Waals surface area contributed by atoms with Crippen molar-refractivity contribution in [3.05, 3.63) is 80.4 Å². The van der Waals surface area contributed by atoms with E-state index in [2.05, 4.69) is 0 Å². The van der Waals surface area contributed by atoms with Crippen LogP contribution in [0.4, 0.5) is 8.78 Å². The van der Waals surface area contributed by atoms with Crippen LogP contribution in [0, 0.1) is 32.4 Å². The predicted molar refractivity (Wildman–Crippen MR) is 158 cm³/mol. The maximum absolute atomic E-state index is 15.6. The first kappa shape index (κ1) is 30.5. The molecule has 3 aromatic rings. The molecule has 1 amide bonds. The fourth-order valence-electron chi connectivity index (χ4n) is 6.36. The molecule has 2 aliphatic heterocycles. The third-order valence-electron chi connectivity index (χ3n) is 8.36. The predicted octanol–water partition coefficient (Wildman–Crippen LogP) is 6.99.